The summed E-state index contributed by atoms with van der Waals surface area (Å²) in [5.74, 6) is -0.513. The molecule has 2 aromatic heterocycles. The average Bonchev–Trinajstić information content (AvgIpc) is 3.48. The molecule has 0 aliphatic carbocycles. The van der Waals surface area contributed by atoms with Crippen LogP contribution in [0.4, 0.5) is 0 Å². The summed E-state index contributed by atoms with van der Waals surface area (Å²) >= 11 is 0. The van der Waals surface area contributed by atoms with Crippen molar-refractivity contribution in [2.45, 2.75) is 37.8 Å². The Hall–Kier alpha value is -3.46. The van der Waals surface area contributed by atoms with Gasteiger partial charge >= 0.3 is 0 Å². The minimum absolute atomic E-state index is 0.137. The fourth-order valence-corrected chi connectivity index (χ4v) is 4.48. The molecule has 3 N–H and O–H groups in total. The number of carbonyl (C=O) groups is 2. The lowest BCUT2D eigenvalue weighted by molar-refractivity contribution is -0.144. The van der Waals surface area contributed by atoms with E-state index in [4.69, 9.17) is 10.3 Å². The number of nitrogens with two attached hydrogens (primary N) is 1. The zero-order valence-corrected chi connectivity index (χ0v) is 17.2. The van der Waals surface area contributed by atoms with Crippen molar-refractivity contribution in [3.05, 3.63) is 47.6 Å². The predicted octanol–water partition coefficient (Wildman–Crippen LogP) is 1.69. The molecule has 3 aromatic rings. The van der Waals surface area contributed by atoms with Crippen molar-refractivity contribution in [1.82, 2.24) is 19.6 Å². The monoisotopic (exact) mass is 421 g/mol. The molecule has 2 aliphatic heterocycles. The van der Waals surface area contributed by atoms with E-state index in [1.165, 1.54) is 4.90 Å². The number of rotatable bonds is 4. The van der Waals surface area contributed by atoms with Crippen LogP contribution in [-0.4, -0.2) is 50.1 Å². The van der Waals surface area contributed by atoms with Crippen molar-refractivity contribution in [1.29, 1.82) is 0 Å². The van der Waals surface area contributed by atoms with Crippen LogP contribution in [0, 0.1) is 0 Å². The number of likely N-dealkylation sites (tertiary alicyclic amines) is 1. The lowest BCUT2D eigenvalue weighted by Gasteiger charge is -2.16. The van der Waals surface area contributed by atoms with Gasteiger partial charge < -0.3 is 24.8 Å². The second-order valence-corrected chi connectivity index (χ2v) is 8.20. The number of benzene rings is 1. The molecule has 1 atom stereocenters. The number of amides is 2. The largest absolute Gasteiger partial charge is 0.373 e. The van der Waals surface area contributed by atoms with Crippen LogP contribution in [0.5, 0.6) is 0 Å². The van der Waals surface area contributed by atoms with Crippen molar-refractivity contribution in [3.8, 4) is 22.5 Å². The van der Waals surface area contributed by atoms with Gasteiger partial charge in [0.15, 0.2) is 11.6 Å². The summed E-state index contributed by atoms with van der Waals surface area (Å²) < 4.78 is 7.28. The number of fused-ring (bicyclic) bond motifs is 1. The zero-order chi connectivity index (χ0) is 21.8. The molecule has 4 heterocycles. The Labute approximate surface area is 178 Å². The molecular formula is C22H23N5O4. The highest BCUT2D eigenvalue weighted by atomic mass is 16.5. The number of primary amides is 1. The van der Waals surface area contributed by atoms with Gasteiger partial charge in [0.2, 0.25) is 5.60 Å². The van der Waals surface area contributed by atoms with Crippen molar-refractivity contribution in [2.24, 2.45) is 5.73 Å². The van der Waals surface area contributed by atoms with Crippen LogP contribution in [0.15, 0.2) is 34.9 Å². The van der Waals surface area contributed by atoms with Gasteiger partial charge in [-0.3, -0.25) is 9.59 Å². The Morgan fingerprint density at radius 3 is 2.77 bits per heavy atom. The summed E-state index contributed by atoms with van der Waals surface area (Å²) in [4.78, 5) is 30.2. The maximum Gasteiger partial charge on any atom is 0.284 e. The first kappa shape index (κ1) is 19.5. The Morgan fingerprint density at radius 1 is 1.23 bits per heavy atom. The van der Waals surface area contributed by atoms with Gasteiger partial charge in [-0.25, -0.2) is 4.98 Å². The lowest BCUT2D eigenvalue weighted by atomic mass is 9.97. The highest BCUT2D eigenvalue weighted by molar-refractivity contribution is 5.91. The van der Waals surface area contributed by atoms with Crippen molar-refractivity contribution in [3.63, 3.8) is 0 Å². The van der Waals surface area contributed by atoms with Crippen LogP contribution >= 0.6 is 0 Å². The van der Waals surface area contributed by atoms with Crippen LogP contribution in [0.25, 0.3) is 22.5 Å². The van der Waals surface area contributed by atoms with Crippen LogP contribution in [-0.2, 0) is 23.4 Å². The molecule has 1 saturated heterocycles. The molecule has 0 bridgehead atoms. The second kappa shape index (κ2) is 7.05. The second-order valence-electron chi connectivity index (χ2n) is 8.20. The first-order valence-corrected chi connectivity index (χ1v) is 10.3. The number of carbonyl (C=O) groups excluding carboxylic acids is 2. The molecule has 9 heteroatoms. The Kier molecular flexibility index (Phi) is 4.44. The molecule has 0 radical (unpaired) electrons. The van der Waals surface area contributed by atoms with Crippen LogP contribution in [0.2, 0.25) is 0 Å². The van der Waals surface area contributed by atoms with E-state index in [1.54, 1.807) is 13.1 Å². The highest BCUT2D eigenvalue weighted by Crippen LogP contribution is 2.36. The Bertz CT molecular complexity index is 1200. The summed E-state index contributed by atoms with van der Waals surface area (Å²) in [5.41, 5.74) is 7.72. The molecule has 160 valence electrons. The van der Waals surface area contributed by atoms with E-state index in [0.717, 1.165) is 48.3 Å². The molecular weight excluding hydrogens is 398 g/mol. The Balaban J connectivity index is 1.52. The quantitative estimate of drug-likeness (QED) is 0.660. The molecule has 2 aliphatic rings. The van der Waals surface area contributed by atoms with E-state index in [2.05, 4.69) is 10.1 Å². The lowest BCUT2D eigenvalue weighted by Crippen LogP contribution is -2.35. The average molecular weight is 421 g/mol. The van der Waals surface area contributed by atoms with Crippen LogP contribution < -0.4 is 5.73 Å². The third-order valence-electron chi connectivity index (χ3n) is 6.20. The highest BCUT2D eigenvalue weighted by Gasteiger charge is 2.48. The topological polar surface area (TPSA) is 127 Å². The summed E-state index contributed by atoms with van der Waals surface area (Å²) in [6, 6.07) is 9.19. The van der Waals surface area contributed by atoms with E-state index in [1.807, 2.05) is 28.8 Å². The van der Waals surface area contributed by atoms with E-state index in [-0.39, 0.29) is 18.0 Å². The number of hydrogen-bond donors (Lipinski definition) is 2. The third kappa shape index (κ3) is 3.04. The first-order chi connectivity index (χ1) is 14.9. The van der Waals surface area contributed by atoms with Crippen LogP contribution in [0.1, 0.15) is 41.3 Å². The van der Waals surface area contributed by atoms with E-state index in [9.17, 15) is 14.7 Å². The SMILES string of the molecule is CN1CC[C@@](O)(c2cc(-c3cccc(-c4nc(C(N)=O)n5c4CCCC5)c3)no2)C1=O. The number of aromatic nitrogens is 3. The number of hydrogen-bond acceptors (Lipinski definition) is 6. The number of aliphatic hydroxyl groups is 1. The smallest absolute Gasteiger partial charge is 0.284 e. The molecule has 0 spiro atoms. The third-order valence-corrected chi connectivity index (χ3v) is 6.20. The normalized spacial score (nSPS) is 20.8. The van der Waals surface area contributed by atoms with E-state index in [0.29, 0.717) is 12.2 Å². The van der Waals surface area contributed by atoms with E-state index < -0.39 is 17.4 Å². The minimum Gasteiger partial charge on any atom is -0.373 e. The van der Waals surface area contributed by atoms with Gasteiger partial charge in [0.05, 0.1) is 5.69 Å². The molecule has 9 nitrogen and oxygen atoms in total. The molecule has 5 rings (SSSR count). The Morgan fingerprint density at radius 2 is 2.03 bits per heavy atom. The summed E-state index contributed by atoms with van der Waals surface area (Å²) in [6.07, 6.45) is 3.11. The van der Waals surface area contributed by atoms with Crippen molar-refractivity contribution < 1.29 is 19.2 Å². The molecule has 31 heavy (non-hydrogen) atoms. The molecule has 0 unspecified atom stereocenters. The van der Waals surface area contributed by atoms with Gasteiger partial charge in [0, 0.05) is 49.4 Å². The number of nitrogens with zero attached hydrogens (tertiary/aromatic N) is 4. The summed E-state index contributed by atoms with van der Waals surface area (Å²) in [5, 5.41) is 14.9. The van der Waals surface area contributed by atoms with Gasteiger partial charge in [-0.05, 0) is 25.3 Å². The van der Waals surface area contributed by atoms with E-state index >= 15 is 0 Å². The maximum atomic E-state index is 12.3. The number of imidazole rings is 1. The molecule has 1 aromatic carbocycles. The van der Waals surface area contributed by atoms with Gasteiger partial charge in [0.1, 0.15) is 5.69 Å². The summed E-state index contributed by atoms with van der Waals surface area (Å²) in [6.45, 7) is 1.18. The zero-order valence-electron chi connectivity index (χ0n) is 17.2. The maximum absolute atomic E-state index is 12.3. The van der Waals surface area contributed by atoms with Gasteiger partial charge in [-0.15, -0.1) is 0 Å². The molecule has 1 fully saturated rings. The molecule has 2 amide bonds. The standard InChI is InChI=1S/C22H23N5O4/c1-26-10-8-22(30,21(26)29)17-12-15(25-31-17)13-5-4-6-14(11-13)18-16-7-2-3-9-27(16)20(24-18)19(23)28/h4-6,11-12,30H,2-3,7-10H2,1H3,(H2,23,28)/t22-/m1/s1. The number of likely N-dealkylation sites (N-methyl/N-ethyl adjacent to an activating group) is 1. The minimum atomic E-state index is -1.68. The van der Waals surface area contributed by atoms with Gasteiger partial charge in [0.25, 0.3) is 11.8 Å². The fraction of sp³-hybridized carbons (Fsp3) is 0.364. The van der Waals surface area contributed by atoms with Gasteiger partial charge in [-0.1, -0.05) is 23.4 Å². The molecule has 0 saturated carbocycles. The van der Waals surface area contributed by atoms with Gasteiger partial charge in [-0.2, -0.15) is 0 Å². The predicted molar refractivity (Wildman–Crippen MR) is 111 cm³/mol. The summed E-state index contributed by atoms with van der Waals surface area (Å²) in [7, 11) is 1.65. The first-order valence-electron chi connectivity index (χ1n) is 10.3. The van der Waals surface area contributed by atoms with Crippen molar-refractivity contribution >= 4 is 11.8 Å². The van der Waals surface area contributed by atoms with Crippen LogP contribution in [0.3, 0.4) is 0 Å². The fourth-order valence-electron chi connectivity index (χ4n) is 4.48. The van der Waals surface area contributed by atoms with Crippen molar-refractivity contribution in [2.75, 3.05) is 13.6 Å².